The van der Waals surface area contributed by atoms with E-state index in [1.807, 2.05) is 49.6 Å². The number of aryl methyl sites for hydroxylation is 1. The number of nitrogens with zero attached hydrogens (tertiary/aromatic N) is 6. The van der Waals surface area contributed by atoms with Crippen LogP contribution in [0, 0.1) is 17.1 Å². The molecule has 0 bridgehead atoms. The van der Waals surface area contributed by atoms with Crippen molar-refractivity contribution >= 4 is 17.7 Å². The molecule has 216 valence electrons. The lowest BCUT2D eigenvalue weighted by Crippen LogP contribution is -2.31. The molecule has 2 aromatic heterocycles. The standard InChI is InChI=1S/C33H29FN6O2S/c1-38(18-24-5-11-28(12-6-24)27-9-3-23(16-35)4-10-27)31(41)21-40-20-29(15-26-17-36-39(2)19-26)32(42)37-33(40)43-22-25-7-13-30(34)14-8-25/h3-14,17,19-20H,15,18,21-22H2,1-2H3. The van der Waals surface area contributed by atoms with E-state index in [0.29, 0.717) is 35.0 Å². The Hall–Kier alpha value is -5.01. The molecule has 0 saturated carbocycles. The maximum Gasteiger partial charge on any atom is 0.277 e. The van der Waals surface area contributed by atoms with E-state index in [-0.39, 0.29) is 23.8 Å². The van der Waals surface area contributed by atoms with Crippen molar-refractivity contribution in [3.8, 4) is 17.2 Å². The molecule has 0 aliphatic carbocycles. The van der Waals surface area contributed by atoms with Gasteiger partial charge in [0.05, 0.1) is 17.8 Å². The molecular weight excluding hydrogens is 563 g/mol. The fraction of sp³-hybridized carbons (Fsp3) is 0.182. The summed E-state index contributed by atoms with van der Waals surface area (Å²) in [5.74, 6) is 0.00300. The predicted octanol–water partition coefficient (Wildman–Crippen LogP) is 5.20. The number of rotatable bonds is 10. The minimum Gasteiger partial charge on any atom is -0.340 e. The second-order valence-electron chi connectivity index (χ2n) is 10.2. The van der Waals surface area contributed by atoms with E-state index < -0.39 is 0 Å². The highest BCUT2D eigenvalue weighted by Crippen LogP contribution is 2.23. The van der Waals surface area contributed by atoms with Gasteiger partial charge in [0.15, 0.2) is 5.16 Å². The zero-order chi connectivity index (χ0) is 30.3. The molecule has 0 radical (unpaired) electrons. The minimum atomic E-state index is -0.357. The van der Waals surface area contributed by atoms with Gasteiger partial charge in [-0.05, 0) is 52.1 Å². The Morgan fingerprint density at radius 2 is 1.60 bits per heavy atom. The zero-order valence-electron chi connectivity index (χ0n) is 23.8. The first-order valence-corrected chi connectivity index (χ1v) is 14.5. The highest BCUT2D eigenvalue weighted by Gasteiger charge is 2.16. The summed E-state index contributed by atoms with van der Waals surface area (Å²) in [7, 11) is 3.55. The molecule has 0 aliphatic heterocycles. The van der Waals surface area contributed by atoms with Gasteiger partial charge in [-0.2, -0.15) is 15.3 Å². The largest absolute Gasteiger partial charge is 0.340 e. The Labute approximate surface area is 253 Å². The lowest BCUT2D eigenvalue weighted by molar-refractivity contribution is -0.131. The molecule has 43 heavy (non-hydrogen) atoms. The van der Waals surface area contributed by atoms with Crippen LogP contribution in [0.25, 0.3) is 11.1 Å². The smallest absolute Gasteiger partial charge is 0.277 e. The van der Waals surface area contributed by atoms with E-state index in [4.69, 9.17) is 5.26 Å². The number of hydrogen-bond acceptors (Lipinski definition) is 6. The number of likely N-dealkylation sites (N-methyl/N-ethyl adjacent to an activating group) is 1. The Morgan fingerprint density at radius 3 is 2.23 bits per heavy atom. The van der Waals surface area contributed by atoms with Crippen LogP contribution in [0.5, 0.6) is 0 Å². The second kappa shape index (κ2) is 13.3. The van der Waals surface area contributed by atoms with Gasteiger partial charge < -0.3 is 9.47 Å². The van der Waals surface area contributed by atoms with Crippen molar-refractivity contribution in [3.05, 3.63) is 135 Å². The van der Waals surface area contributed by atoms with E-state index in [1.165, 1.54) is 23.9 Å². The summed E-state index contributed by atoms with van der Waals surface area (Å²) in [4.78, 5) is 32.3. The van der Waals surface area contributed by atoms with E-state index in [0.717, 1.165) is 27.8 Å². The monoisotopic (exact) mass is 592 g/mol. The fourth-order valence-electron chi connectivity index (χ4n) is 4.55. The van der Waals surface area contributed by atoms with Gasteiger partial charge >= 0.3 is 0 Å². The second-order valence-corrected chi connectivity index (χ2v) is 11.2. The van der Waals surface area contributed by atoms with Crippen LogP contribution in [0.1, 0.15) is 27.8 Å². The number of amides is 1. The van der Waals surface area contributed by atoms with E-state index in [9.17, 15) is 14.0 Å². The molecule has 0 N–H and O–H groups in total. The van der Waals surface area contributed by atoms with Gasteiger partial charge in [-0.25, -0.2) is 4.39 Å². The topological polar surface area (TPSA) is 96.8 Å². The molecule has 2 heterocycles. The molecule has 0 atom stereocenters. The molecule has 8 nitrogen and oxygen atoms in total. The summed E-state index contributed by atoms with van der Waals surface area (Å²) in [6, 6.07) is 23.6. The normalized spacial score (nSPS) is 10.8. The average Bonchev–Trinajstić information content (AvgIpc) is 3.43. The summed E-state index contributed by atoms with van der Waals surface area (Å²) in [6.07, 6.45) is 5.59. The summed E-state index contributed by atoms with van der Waals surface area (Å²) in [6.45, 7) is 0.402. The first-order valence-electron chi connectivity index (χ1n) is 13.6. The van der Waals surface area contributed by atoms with Crippen LogP contribution in [0.3, 0.4) is 0 Å². The van der Waals surface area contributed by atoms with Crippen molar-refractivity contribution in [1.82, 2.24) is 24.2 Å². The number of carbonyl (C=O) groups excluding carboxylic acids is 1. The third kappa shape index (κ3) is 7.64. The molecular formula is C33H29FN6O2S. The Bertz CT molecular complexity index is 1820. The summed E-state index contributed by atoms with van der Waals surface area (Å²) >= 11 is 1.32. The molecule has 0 fully saturated rings. The van der Waals surface area contributed by atoms with Gasteiger partial charge in [-0.3, -0.25) is 14.3 Å². The molecule has 0 spiro atoms. The highest BCUT2D eigenvalue weighted by molar-refractivity contribution is 7.98. The predicted molar refractivity (Wildman–Crippen MR) is 164 cm³/mol. The van der Waals surface area contributed by atoms with Crippen molar-refractivity contribution < 1.29 is 9.18 Å². The van der Waals surface area contributed by atoms with Gasteiger partial charge in [0.25, 0.3) is 5.56 Å². The van der Waals surface area contributed by atoms with Gasteiger partial charge in [-0.1, -0.05) is 60.3 Å². The van der Waals surface area contributed by atoms with Gasteiger partial charge in [0.2, 0.25) is 5.91 Å². The lowest BCUT2D eigenvalue weighted by Gasteiger charge is -2.20. The maximum absolute atomic E-state index is 13.4. The zero-order valence-corrected chi connectivity index (χ0v) is 24.6. The van der Waals surface area contributed by atoms with Crippen molar-refractivity contribution in [3.63, 3.8) is 0 Å². The number of hydrogen-bond donors (Lipinski definition) is 0. The number of benzene rings is 3. The number of thioether (sulfide) groups is 1. The van der Waals surface area contributed by atoms with Crippen LogP contribution in [0.15, 0.2) is 101 Å². The van der Waals surface area contributed by atoms with Crippen LogP contribution in [-0.4, -0.2) is 37.2 Å². The SMILES string of the molecule is CN(Cc1ccc(-c2ccc(C#N)cc2)cc1)C(=O)Cn1cc(Cc2cnn(C)c2)c(=O)nc1SCc1ccc(F)cc1. The number of aromatic nitrogens is 4. The molecule has 0 unspecified atom stereocenters. The van der Waals surface area contributed by atoms with Crippen LogP contribution in [0.4, 0.5) is 4.39 Å². The summed E-state index contributed by atoms with van der Waals surface area (Å²) in [5, 5.41) is 13.6. The first-order chi connectivity index (χ1) is 20.8. The molecule has 0 aliphatic rings. The van der Waals surface area contributed by atoms with Crippen LogP contribution in [-0.2, 0) is 37.1 Å². The Kier molecular flexibility index (Phi) is 9.13. The van der Waals surface area contributed by atoms with Crippen LogP contribution >= 0.6 is 11.8 Å². The molecule has 0 saturated heterocycles. The van der Waals surface area contributed by atoms with E-state index in [1.54, 1.807) is 57.9 Å². The minimum absolute atomic E-state index is 0.00110. The molecule has 10 heteroatoms. The van der Waals surface area contributed by atoms with Gasteiger partial charge in [0.1, 0.15) is 12.4 Å². The number of carbonyl (C=O) groups is 1. The lowest BCUT2D eigenvalue weighted by atomic mass is 10.0. The number of nitriles is 1. The van der Waals surface area contributed by atoms with Gasteiger partial charge in [0, 0.05) is 50.8 Å². The molecule has 3 aromatic carbocycles. The molecule has 5 rings (SSSR count). The number of halogens is 1. The Morgan fingerprint density at radius 1 is 0.953 bits per heavy atom. The average molecular weight is 593 g/mol. The van der Waals surface area contributed by atoms with Crippen molar-refractivity contribution in [2.45, 2.75) is 30.4 Å². The van der Waals surface area contributed by atoms with E-state index >= 15 is 0 Å². The van der Waals surface area contributed by atoms with E-state index in [2.05, 4.69) is 16.2 Å². The van der Waals surface area contributed by atoms with Crippen molar-refractivity contribution in [1.29, 1.82) is 5.26 Å². The molecule has 5 aromatic rings. The van der Waals surface area contributed by atoms with Crippen LogP contribution in [0.2, 0.25) is 0 Å². The third-order valence-corrected chi connectivity index (χ3v) is 7.98. The third-order valence-electron chi connectivity index (χ3n) is 6.92. The summed E-state index contributed by atoms with van der Waals surface area (Å²) < 4.78 is 16.8. The van der Waals surface area contributed by atoms with Crippen molar-refractivity contribution in [2.75, 3.05) is 7.05 Å². The van der Waals surface area contributed by atoms with Crippen LogP contribution < -0.4 is 5.56 Å². The summed E-state index contributed by atoms with van der Waals surface area (Å²) in [5.41, 5.74) is 5.46. The fourth-order valence-corrected chi connectivity index (χ4v) is 5.47. The quantitative estimate of drug-likeness (QED) is 0.164. The first kappa shape index (κ1) is 29.5. The van der Waals surface area contributed by atoms with Crippen molar-refractivity contribution in [2.24, 2.45) is 7.05 Å². The highest BCUT2D eigenvalue weighted by atomic mass is 32.2. The van der Waals surface area contributed by atoms with Gasteiger partial charge in [-0.15, -0.1) is 0 Å². The molecule has 1 amide bonds. The Balaban J connectivity index is 1.32. The maximum atomic E-state index is 13.4.